The largest absolute Gasteiger partial charge is 0.490 e. The van der Waals surface area contributed by atoms with E-state index in [2.05, 4.69) is 27.5 Å². The summed E-state index contributed by atoms with van der Waals surface area (Å²) < 4.78 is 47.1. The quantitative estimate of drug-likeness (QED) is 0.322. The number of alkyl halides is 3. The van der Waals surface area contributed by atoms with E-state index in [1.807, 2.05) is 30.3 Å². The number of unbranched alkanes of at least 4 members (excludes halogenated alkanes) is 1. The van der Waals surface area contributed by atoms with Crippen LogP contribution in [0.2, 0.25) is 0 Å². The summed E-state index contributed by atoms with van der Waals surface area (Å²) >= 11 is 0. The van der Waals surface area contributed by atoms with Crippen LogP contribution < -0.4 is 15.4 Å². The molecule has 35 heavy (non-hydrogen) atoms. The monoisotopic (exact) mass is 484 g/mol. The van der Waals surface area contributed by atoms with Gasteiger partial charge in [-0.1, -0.05) is 38.0 Å². The van der Waals surface area contributed by atoms with Crippen LogP contribution in [0, 0.1) is 0 Å². The number of nitrogens with one attached hydrogen (secondary N) is 2. The van der Waals surface area contributed by atoms with Gasteiger partial charge in [-0.3, -0.25) is 0 Å². The zero-order valence-electron chi connectivity index (χ0n) is 19.9. The third kappa shape index (κ3) is 7.10. The van der Waals surface area contributed by atoms with Crippen LogP contribution in [0.4, 0.5) is 36.3 Å². The fourth-order valence-corrected chi connectivity index (χ4v) is 4.17. The minimum absolute atomic E-state index is 0.0800. The Balaban J connectivity index is 1.52. The van der Waals surface area contributed by atoms with Gasteiger partial charge in [0.1, 0.15) is 17.1 Å². The second-order valence-electron chi connectivity index (χ2n) is 8.91. The second-order valence-corrected chi connectivity index (χ2v) is 8.91. The number of ether oxygens (including phenoxy) is 1. The van der Waals surface area contributed by atoms with Crippen LogP contribution in [0.3, 0.4) is 0 Å². The van der Waals surface area contributed by atoms with Gasteiger partial charge in [0.25, 0.3) is 0 Å². The Hall–Kier alpha value is -3.29. The van der Waals surface area contributed by atoms with E-state index in [1.165, 1.54) is 12.0 Å². The number of anilines is 4. The van der Waals surface area contributed by atoms with E-state index in [0.717, 1.165) is 51.1 Å². The normalized spacial score (nSPS) is 14.5. The Bertz CT molecular complexity index is 1100. The van der Waals surface area contributed by atoms with Crippen molar-refractivity contribution in [3.63, 3.8) is 0 Å². The molecular formula is C27H31F3N4O. The van der Waals surface area contributed by atoms with E-state index < -0.39 is 11.7 Å². The number of aromatic nitrogens is 2. The average Bonchev–Trinajstić information content (AvgIpc) is 2.84. The van der Waals surface area contributed by atoms with Crippen LogP contribution in [0.15, 0.2) is 54.7 Å². The predicted molar refractivity (Wildman–Crippen MR) is 133 cm³/mol. The molecule has 3 aromatic rings. The molecule has 1 aliphatic carbocycles. The van der Waals surface area contributed by atoms with E-state index in [9.17, 15) is 13.2 Å². The molecule has 1 saturated carbocycles. The van der Waals surface area contributed by atoms with Crippen molar-refractivity contribution in [2.45, 2.75) is 70.6 Å². The lowest BCUT2D eigenvalue weighted by atomic mass is 9.98. The Morgan fingerprint density at radius 1 is 0.971 bits per heavy atom. The fourth-order valence-electron chi connectivity index (χ4n) is 4.17. The van der Waals surface area contributed by atoms with Gasteiger partial charge >= 0.3 is 6.18 Å². The summed E-state index contributed by atoms with van der Waals surface area (Å²) in [4.78, 5) is 8.06. The zero-order valence-corrected chi connectivity index (χ0v) is 19.9. The van der Waals surface area contributed by atoms with E-state index in [4.69, 9.17) is 4.74 Å². The van der Waals surface area contributed by atoms with Crippen molar-refractivity contribution in [1.82, 2.24) is 9.97 Å². The summed E-state index contributed by atoms with van der Waals surface area (Å²) in [5.74, 6) is 0.395. The Kier molecular flexibility index (Phi) is 8.10. The van der Waals surface area contributed by atoms with Crippen molar-refractivity contribution < 1.29 is 17.9 Å². The SMILES string of the molecule is CCCCc1ccc(Nc2ncc(C(F)(F)F)c(Nc3cccc(OC4CCCCC4)c3)n2)cc1. The second kappa shape index (κ2) is 11.4. The lowest BCUT2D eigenvalue weighted by Gasteiger charge is -2.23. The highest BCUT2D eigenvalue weighted by Crippen LogP contribution is 2.36. The van der Waals surface area contributed by atoms with Crippen molar-refractivity contribution in [3.8, 4) is 5.75 Å². The fraction of sp³-hybridized carbons (Fsp3) is 0.407. The number of hydrogen-bond donors (Lipinski definition) is 2. The highest BCUT2D eigenvalue weighted by molar-refractivity contribution is 5.64. The molecule has 2 N–H and O–H groups in total. The van der Waals surface area contributed by atoms with Crippen molar-refractivity contribution in [2.75, 3.05) is 10.6 Å². The molecule has 4 rings (SSSR count). The van der Waals surface area contributed by atoms with Crippen molar-refractivity contribution in [2.24, 2.45) is 0 Å². The summed E-state index contributed by atoms with van der Waals surface area (Å²) in [5.41, 5.74) is 1.45. The average molecular weight is 485 g/mol. The Morgan fingerprint density at radius 3 is 2.46 bits per heavy atom. The van der Waals surface area contributed by atoms with Gasteiger partial charge in [-0.2, -0.15) is 18.2 Å². The maximum Gasteiger partial charge on any atom is 0.421 e. The summed E-state index contributed by atoms with van der Waals surface area (Å²) in [6, 6.07) is 14.7. The molecule has 5 nitrogen and oxygen atoms in total. The van der Waals surface area contributed by atoms with Crippen LogP contribution in [0.1, 0.15) is 63.0 Å². The molecule has 0 atom stereocenters. The van der Waals surface area contributed by atoms with Gasteiger partial charge in [0, 0.05) is 23.6 Å². The molecule has 1 aliphatic rings. The lowest BCUT2D eigenvalue weighted by molar-refractivity contribution is -0.137. The molecule has 1 heterocycles. The smallest absolute Gasteiger partial charge is 0.421 e. The first-order chi connectivity index (χ1) is 16.9. The molecule has 0 amide bonds. The third-order valence-corrected chi connectivity index (χ3v) is 6.07. The van der Waals surface area contributed by atoms with Gasteiger partial charge in [0.2, 0.25) is 5.95 Å². The standard InChI is InChI=1S/C27H31F3N4O/c1-2-3-8-19-13-15-20(16-14-19)33-26-31-18-24(27(28,29)30)25(34-26)32-21-9-7-12-23(17-21)35-22-10-5-4-6-11-22/h7,9,12-18,22H,2-6,8,10-11H2,1H3,(H2,31,32,33,34). The first-order valence-electron chi connectivity index (χ1n) is 12.2. The molecule has 0 unspecified atom stereocenters. The minimum Gasteiger partial charge on any atom is -0.490 e. The maximum atomic E-state index is 13.7. The Labute approximate surface area is 204 Å². The number of benzene rings is 2. The number of rotatable bonds is 9. The summed E-state index contributed by atoms with van der Waals surface area (Å²) in [7, 11) is 0. The molecular weight excluding hydrogens is 453 g/mol. The lowest BCUT2D eigenvalue weighted by Crippen LogP contribution is -2.19. The zero-order chi connectivity index (χ0) is 24.7. The summed E-state index contributed by atoms with van der Waals surface area (Å²) in [6.07, 6.45) is 5.04. The highest BCUT2D eigenvalue weighted by atomic mass is 19.4. The molecule has 2 aromatic carbocycles. The molecule has 0 spiro atoms. The molecule has 0 bridgehead atoms. The molecule has 0 saturated heterocycles. The van der Waals surface area contributed by atoms with E-state index in [1.54, 1.807) is 18.2 Å². The number of hydrogen-bond acceptors (Lipinski definition) is 5. The number of nitrogens with zero attached hydrogens (tertiary/aromatic N) is 2. The van der Waals surface area contributed by atoms with E-state index in [0.29, 0.717) is 17.1 Å². The van der Waals surface area contributed by atoms with Crippen molar-refractivity contribution >= 4 is 23.1 Å². The topological polar surface area (TPSA) is 59.1 Å². The van der Waals surface area contributed by atoms with Crippen molar-refractivity contribution in [3.05, 3.63) is 65.9 Å². The van der Waals surface area contributed by atoms with E-state index >= 15 is 0 Å². The molecule has 186 valence electrons. The summed E-state index contributed by atoms with van der Waals surface area (Å²) in [5, 5.41) is 5.83. The number of halogens is 3. The van der Waals surface area contributed by atoms with Crippen LogP contribution in [-0.4, -0.2) is 16.1 Å². The summed E-state index contributed by atoms with van der Waals surface area (Å²) in [6.45, 7) is 2.14. The first-order valence-corrected chi connectivity index (χ1v) is 12.2. The van der Waals surface area contributed by atoms with Crippen LogP contribution in [0.25, 0.3) is 0 Å². The molecule has 1 fully saturated rings. The van der Waals surface area contributed by atoms with Gasteiger partial charge in [0.05, 0.1) is 6.10 Å². The van der Waals surface area contributed by atoms with Crippen LogP contribution in [-0.2, 0) is 12.6 Å². The van der Waals surface area contributed by atoms with Crippen LogP contribution >= 0.6 is 0 Å². The highest BCUT2D eigenvalue weighted by Gasteiger charge is 2.35. The first kappa shape index (κ1) is 24.8. The third-order valence-electron chi connectivity index (χ3n) is 6.07. The van der Waals surface area contributed by atoms with Gasteiger partial charge in [-0.25, -0.2) is 4.98 Å². The van der Waals surface area contributed by atoms with Gasteiger partial charge in [-0.05, 0) is 68.4 Å². The molecule has 0 radical (unpaired) electrons. The molecule has 1 aromatic heterocycles. The molecule has 8 heteroatoms. The predicted octanol–water partition coefficient (Wildman–Crippen LogP) is 8.04. The van der Waals surface area contributed by atoms with E-state index in [-0.39, 0.29) is 17.9 Å². The van der Waals surface area contributed by atoms with Gasteiger partial charge in [0.15, 0.2) is 0 Å². The van der Waals surface area contributed by atoms with Gasteiger partial charge < -0.3 is 15.4 Å². The van der Waals surface area contributed by atoms with Gasteiger partial charge in [-0.15, -0.1) is 0 Å². The molecule has 0 aliphatic heterocycles. The van der Waals surface area contributed by atoms with Crippen LogP contribution in [0.5, 0.6) is 5.75 Å². The van der Waals surface area contributed by atoms with Crippen molar-refractivity contribution in [1.29, 1.82) is 0 Å². The maximum absolute atomic E-state index is 13.7. The number of aryl methyl sites for hydroxylation is 1. The minimum atomic E-state index is -4.60. The Morgan fingerprint density at radius 2 is 1.74 bits per heavy atom.